The van der Waals surface area contributed by atoms with Crippen molar-refractivity contribution in [3.8, 4) is 0 Å². The molecule has 0 spiro atoms. The maximum Gasteiger partial charge on any atom is 0.336 e. The molecule has 228 valence electrons. The molecule has 0 bridgehead atoms. The van der Waals surface area contributed by atoms with Crippen molar-refractivity contribution in [1.29, 1.82) is 0 Å². The normalized spacial score (nSPS) is 14.4. The predicted octanol–water partition coefficient (Wildman–Crippen LogP) is -2.13. The molecule has 0 saturated heterocycles. The van der Waals surface area contributed by atoms with Crippen LogP contribution >= 0.6 is 0 Å². The third-order valence-electron chi connectivity index (χ3n) is 5.92. The van der Waals surface area contributed by atoms with Crippen LogP contribution in [0.25, 0.3) is 11.0 Å². The van der Waals surface area contributed by atoms with Crippen LogP contribution in [0.4, 0.5) is 5.69 Å². The Morgan fingerprint density at radius 1 is 0.881 bits per heavy atom. The Morgan fingerprint density at radius 2 is 1.52 bits per heavy atom. The van der Waals surface area contributed by atoms with Crippen LogP contribution in [0.1, 0.15) is 32.8 Å². The third-order valence-corrected chi connectivity index (χ3v) is 5.92. The Kier molecular flexibility index (Phi) is 11.7. The summed E-state index contributed by atoms with van der Waals surface area (Å²) in [4.78, 5) is 85.1. The quantitative estimate of drug-likeness (QED) is 0.117. The van der Waals surface area contributed by atoms with E-state index in [0.717, 1.165) is 6.92 Å². The number of carbonyl (C=O) groups is 6. The molecule has 5 unspecified atom stereocenters. The van der Waals surface area contributed by atoms with Gasteiger partial charge in [0.1, 0.15) is 29.8 Å². The van der Waals surface area contributed by atoms with E-state index in [2.05, 4.69) is 26.6 Å². The van der Waals surface area contributed by atoms with Gasteiger partial charge in [0, 0.05) is 30.1 Å². The van der Waals surface area contributed by atoms with E-state index in [9.17, 15) is 48.9 Å². The van der Waals surface area contributed by atoms with Crippen LogP contribution in [0.5, 0.6) is 0 Å². The zero-order chi connectivity index (χ0) is 31.7. The minimum atomic E-state index is -1.74. The van der Waals surface area contributed by atoms with Gasteiger partial charge in [0.2, 0.25) is 29.5 Å². The third kappa shape index (κ3) is 9.38. The van der Waals surface area contributed by atoms with Crippen molar-refractivity contribution in [2.45, 2.75) is 64.4 Å². The minimum absolute atomic E-state index is 0.126. The first-order chi connectivity index (χ1) is 19.6. The molecule has 1 aromatic heterocycles. The number of anilines is 1. The van der Waals surface area contributed by atoms with Crippen molar-refractivity contribution in [3.05, 3.63) is 40.2 Å². The summed E-state index contributed by atoms with van der Waals surface area (Å²) in [6.45, 7) is 4.42. The molecule has 8 N–H and O–H groups in total. The molecule has 2 rings (SSSR count). The van der Waals surface area contributed by atoms with Crippen LogP contribution in [-0.4, -0.2) is 87.7 Å². The average Bonchev–Trinajstić information content (AvgIpc) is 2.88. The number of hydrogen-bond donors (Lipinski definition) is 8. The van der Waals surface area contributed by atoms with Crippen LogP contribution in [0.3, 0.4) is 0 Å². The molecule has 0 radical (unpaired) electrons. The van der Waals surface area contributed by atoms with Crippen molar-refractivity contribution in [2.24, 2.45) is 0 Å². The summed E-state index contributed by atoms with van der Waals surface area (Å²) in [5.74, 6) is -5.99. The van der Waals surface area contributed by atoms with Gasteiger partial charge in [0.15, 0.2) is 0 Å². The number of aliphatic carboxylic acids is 1. The zero-order valence-electron chi connectivity index (χ0n) is 23.2. The van der Waals surface area contributed by atoms with E-state index < -0.39 is 84.4 Å². The number of aryl methyl sites for hydroxylation is 1. The Balaban J connectivity index is 2.18. The second kappa shape index (κ2) is 14.7. The largest absolute Gasteiger partial charge is 0.481 e. The molecule has 0 aliphatic carbocycles. The Hall–Kier alpha value is -4.83. The maximum atomic E-state index is 13.0. The number of aliphatic hydroxyl groups is 2. The molecule has 0 saturated carbocycles. The van der Waals surface area contributed by atoms with Gasteiger partial charge < -0.3 is 46.3 Å². The Bertz CT molecular complexity index is 1420. The second-order valence-electron chi connectivity index (χ2n) is 9.50. The van der Waals surface area contributed by atoms with E-state index in [1.54, 1.807) is 13.0 Å². The first-order valence-corrected chi connectivity index (χ1v) is 12.7. The van der Waals surface area contributed by atoms with Crippen LogP contribution in [0.15, 0.2) is 33.5 Å². The molecule has 1 heterocycles. The van der Waals surface area contributed by atoms with Gasteiger partial charge in [-0.1, -0.05) is 0 Å². The molecule has 16 nitrogen and oxygen atoms in total. The van der Waals surface area contributed by atoms with E-state index in [0.29, 0.717) is 10.9 Å². The highest BCUT2D eigenvalue weighted by Crippen LogP contribution is 2.21. The fourth-order valence-corrected chi connectivity index (χ4v) is 3.80. The molecule has 0 aliphatic rings. The van der Waals surface area contributed by atoms with E-state index in [1.807, 2.05) is 0 Å². The highest BCUT2D eigenvalue weighted by atomic mass is 16.4. The summed E-state index contributed by atoms with van der Waals surface area (Å²) in [7, 11) is 0. The molecule has 2 aromatic rings. The van der Waals surface area contributed by atoms with Gasteiger partial charge in [-0.2, -0.15) is 0 Å². The lowest BCUT2D eigenvalue weighted by Crippen LogP contribution is -2.61. The Labute approximate surface area is 238 Å². The molecule has 0 fully saturated rings. The Morgan fingerprint density at radius 3 is 2.10 bits per heavy atom. The molecule has 0 aliphatic heterocycles. The number of hydrogen-bond acceptors (Lipinski definition) is 10. The van der Waals surface area contributed by atoms with E-state index >= 15 is 0 Å². The first-order valence-electron chi connectivity index (χ1n) is 12.7. The molecule has 5 atom stereocenters. The lowest BCUT2D eigenvalue weighted by molar-refractivity contribution is -0.140. The van der Waals surface area contributed by atoms with Crippen LogP contribution in [-0.2, 0) is 28.8 Å². The maximum absolute atomic E-state index is 13.0. The number of carboxylic acids is 1. The van der Waals surface area contributed by atoms with Gasteiger partial charge in [-0.25, -0.2) is 4.79 Å². The summed E-state index contributed by atoms with van der Waals surface area (Å²) < 4.78 is 5.13. The number of carboxylic acid groups (broad SMARTS) is 1. The predicted molar refractivity (Wildman–Crippen MR) is 146 cm³/mol. The van der Waals surface area contributed by atoms with Crippen molar-refractivity contribution < 1.29 is 48.5 Å². The highest BCUT2D eigenvalue weighted by Gasteiger charge is 2.33. The summed E-state index contributed by atoms with van der Waals surface area (Å²) in [6.07, 6.45) is -2.45. The van der Waals surface area contributed by atoms with E-state index in [1.165, 1.54) is 32.0 Å². The van der Waals surface area contributed by atoms with E-state index in [4.69, 9.17) is 4.42 Å². The molecule has 42 heavy (non-hydrogen) atoms. The number of amides is 5. The highest BCUT2D eigenvalue weighted by molar-refractivity contribution is 6.01. The smallest absolute Gasteiger partial charge is 0.336 e. The lowest BCUT2D eigenvalue weighted by atomic mass is 10.1. The number of benzene rings is 1. The summed E-state index contributed by atoms with van der Waals surface area (Å²) in [5.41, 5.74) is 0.300. The molecular weight excluding hydrogens is 558 g/mol. The fourth-order valence-electron chi connectivity index (χ4n) is 3.80. The van der Waals surface area contributed by atoms with Crippen LogP contribution in [0, 0.1) is 6.92 Å². The summed E-state index contributed by atoms with van der Waals surface area (Å²) in [6, 6.07) is -0.383. The number of nitrogens with one attached hydrogen (secondary N) is 5. The monoisotopic (exact) mass is 591 g/mol. The molecule has 16 heteroatoms. The van der Waals surface area contributed by atoms with Crippen LogP contribution in [0.2, 0.25) is 0 Å². The number of aliphatic hydroxyl groups excluding tert-OH is 2. The molecule has 5 amide bonds. The SMILES string of the molecule is CC(=O)NC(C)C(=O)NC(CO)C(=O)NC(C(=O)NC(CC(=O)O)C(=O)Nc1ccc2c(C)cc(=O)oc2c1)C(C)O. The first kappa shape index (κ1) is 33.4. The van der Waals surface area contributed by atoms with Crippen molar-refractivity contribution in [2.75, 3.05) is 11.9 Å². The van der Waals surface area contributed by atoms with Gasteiger partial charge in [-0.05, 0) is 38.5 Å². The molecular formula is C26H33N5O11. The van der Waals surface area contributed by atoms with Gasteiger partial charge in [-0.3, -0.25) is 28.8 Å². The van der Waals surface area contributed by atoms with E-state index in [-0.39, 0.29) is 11.3 Å². The molecule has 1 aromatic carbocycles. The number of rotatable bonds is 13. The van der Waals surface area contributed by atoms with Gasteiger partial charge in [-0.15, -0.1) is 0 Å². The standard InChI is InChI=1S/C26H33N5O11/c1-11-7-21(37)42-19-8-15(5-6-16(11)19)28-24(39)17(9-20(35)36)29-26(41)22(13(3)33)31-25(40)18(10-32)30-23(38)12(2)27-14(4)34/h5-8,12-13,17-18,22,32-33H,9-10H2,1-4H3,(H,27,34)(H,28,39)(H,29,41)(H,30,38)(H,31,40)(H,35,36). The van der Waals surface area contributed by atoms with Gasteiger partial charge >= 0.3 is 11.6 Å². The topological polar surface area (TPSA) is 253 Å². The summed E-state index contributed by atoms with van der Waals surface area (Å²) in [5, 5.41) is 40.9. The lowest BCUT2D eigenvalue weighted by Gasteiger charge is -2.26. The number of fused-ring (bicyclic) bond motifs is 1. The fraction of sp³-hybridized carbons (Fsp3) is 0.423. The summed E-state index contributed by atoms with van der Waals surface area (Å²) >= 11 is 0. The van der Waals surface area contributed by atoms with Crippen LogP contribution < -0.4 is 32.2 Å². The minimum Gasteiger partial charge on any atom is -0.481 e. The second-order valence-corrected chi connectivity index (χ2v) is 9.50. The zero-order valence-corrected chi connectivity index (χ0v) is 23.2. The van der Waals surface area contributed by atoms with Gasteiger partial charge in [0.25, 0.3) is 0 Å². The van der Waals surface area contributed by atoms with Gasteiger partial charge in [0.05, 0.1) is 19.1 Å². The number of carbonyl (C=O) groups excluding carboxylic acids is 5. The van der Waals surface area contributed by atoms with Crippen molar-refractivity contribution in [1.82, 2.24) is 21.3 Å². The average molecular weight is 592 g/mol. The van der Waals surface area contributed by atoms with Crippen molar-refractivity contribution in [3.63, 3.8) is 0 Å². The van der Waals surface area contributed by atoms with Crippen molar-refractivity contribution >= 4 is 52.2 Å².